The number of para-hydroxylation sites is 1. The van der Waals surface area contributed by atoms with Crippen LogP contribution in [0.4, 0.5) is 0 Å². The maximum Gasteiger partial charge on any atom is 0.164 e. The summed E-state index contributed by atoms with van der Waals surface area (Å²) in [6, 6.07) is 56.8. The molecule has 0 saturated carbocycles. The quantitative estimate of drug-likeness (QED) is 0.185. The van der Waals surface area contributed by atoms with Crippen LogP contribution in [-0.4, -0.2) is 15.0 Å². The summed E-state index contributed by atoms with van der Waals surface area (Å²) in [5.74, 6) is 1.96. The van der Waals surface area contributed by atoms with E-state index in [0.717, 1.165) is 49.8 Å². The van der Waals surface area contributed by atoms with Crippen molar-refractivity contribution in [3.8, 4) is 56.4 Å². The molecule has 10 aromatic rings. The standard InChI is InChI=1S/C45H27N3OS/c1-4-13-28(14-5-1)32-25-37(41-36-19-10-11-22-38(36)49-39(41)26-32)35-21-12-20-34-33-24-23-31(27-40(33)50-42(34)35)45-47-43(29-15-6-2-7-16-29)46-44(48-45)30-17-8-3-9-18-30/h1-27H. The van der Waals surface area contributed by atoms with Crippen molar-refractivity contribution in [3.05, 3.63) is 164 Å². The molecule has 0 amide bonds. The lowest BCUT2D eigenvalue weighted by molar-refractivity contribution is 0.669. The van der Waals surface area contributed by atoms with Crippen LogP contribution in [0.1, 0.15) is 0 Å². The second-order valence-electron chi connectivity index (χ2n) is 12.4. The summed E-state index contributed by atoms with van der Waals surface area (Å²) >= 11 is 1.81. The van der Waals surface area contributed by atoms with E-state index in [1.807, 2.05) is 78.1 Å². The Kier molecular flexibility index (Phi) is 6.64. The van der Waals surface area contributed by atoms with Crippen LogP contribution in [0.25, 0.3) is 98.5 Å². The molecule has 3 aromatic heterocycles. The second-order valence-corrected chi connectivity index (χ2v) is 13.4. The number of fused-ring (bicyclic) bond motifs is 6. The van der Waals surface area contributed by atoms with Gasteiger partial charge in [-0.05, 0) is 41.0 Å². The minimum atomic E-state index is 0.652. The smallest absolute Gasteiger partial charge is 0.164 e. The SMILES string of the molecule is c1ccc(-c2cc(-c3cccc4c3sc3cc(-c5nc(-c6ccccc6)nc(-c6ccccc6)n5)ccc34)c3c(c2)oc2ccccc23)cc1. The fourth-order valence-corrected chi connectivity index (χ4v) is 8.22. The molecule has 0 radical (unpaired) electrons. The van der Waals surface area contributed by atoms with Gasteiger partial charge in [0.15, 0.2) is 17.5 Å². The number of hydrogen-bond donors (Lipinski definition) is 0. The third-order valence-corrected chi connectivity index (χ3v) is 10.5. The molecule has 234 valence electrons. The van der Waals surface area contributed by atoms with Crippen LogP contribution in [0.15, 0.2) is 168 Å². The normalized spacial score (nSPS) is 11.6. The Morgan fingerprint density at radius 3 is 1.68 bits per heavy atom. The van der Waals surface area contributed by atoms with Crippen molar-refractivity contribution in [3.63, 3.8) is 0 Å². The predicted octanol–water partition coefficient (Wildman–Crippen LogP) is 12.5. The zero-order valence-electron chi connectivity index (χ0n) is 26.7. The van der Waals surface area contributed by atoms with E-state index in [2.05, 4.69) is 97.1 Å². The lowest BCUT2D eigenvalue weighted by Gasteiger charge is -2.10. The summed E-state index contributed by atoms with van der Waals surface area (Å²) in [6.07, 6.45) is 0. The summed E-state index contributed by atoms with van der Waals surface area (Å²) < 4.78 is 8.90. The number of aromatic nitrogens is 3. The topological polar surface area (TPSA) is 51.8 Å². The van der Waals surface area contributed by atoms with E-state index in [0.29, 0.717) is 17.5 Å². The number of furan rings is 1. The summed E-state index contributed by atoms with van der Waals surface area (Å²) in [5.41, 5.74) is 9.30. The minimum absolute atomic E-state index is 0.652. The lowest BCUT2D eigenvalue weighted by atomic mass is 9.93. The van der Waals surface area contributed by atoms with Crippen LogP contribution < -0.4 is 0 Å². The van der Waals surface area contributed by atoms with Crippen molar-refractivity contribution < 1.29 is 4.42 Å². The van der Waals surface area contributed by atoms with Gasteiger partial charge in [-0.2, -0.15) is 0 Å². The molecule has 0 unspecified atom stereocenters. The highest BCUT2D eigenvalue weighted by Crippen LogP contribution is 2.46. The van der Waals surface area contributed by atoms with Crippen molar-refractivity contribution in [2.75, 3.05) is 0 Å². The van der Waals surface area contributed by atoms with Crippen molar-refractivity contribution in [2.45, 2.75) is 0 Å². The van der Waals surface area contributed by atoms with Gasteiger partial charge in [0.25, 0.3) is 0 Å². The van der Waals surface area contributed by atoms with Gasteiger partial charge in [0.05, 0.1) is 0 Å². The van der Waals surface area contributed by atoms with E-state index in [4.69, 9.17) is 19.4 Å². The lowest BCUT2D eigenvalue weighted by Crippen LogP contribution is -1.99. The number of thiophene rings is 1. The monoisotopic (exact) mass is 657 g/mol. The summed E-state index contributed by atoms with van der Waals surface area (Å²) in [6.45, 7) is 0. The second kappa shape index (κ2) is 11.6. The van der Waals surface area contributed by atoms with E-state index in [9.17, 15) is 0 Å². The number of hydrogen-bond acceptors (Lipinski definition) is 5. The first-order valence-corrected chi connectivity index (χ1v) is 17.4. The molecule has 50 heavy (non-hydrogen) atoms. The van der Waals surface area contributed by atoms with Crippen LogP contribution in [-0.2, 0) is 0 Å². The summed E-state index contributed by atoms with van der Waals surface area (Å²) in [5, 5.41) is 4.70. The van der Waals surface area contributed by atoms with E-state index in [1.54, 1.807) is 0 Å². The van der Waals surface area contributed by atoms with E-state index >= 15 is 0 Å². The molecule has 4 nitrogen and oxygen atoms in total. The van der Waals surface area contributed by atoms with Crippen LogP contribution in [0.5, 0.6) is 0 Å². The van der Waals surface area contributed by atoms with Gasteiger partial charge >= 0.3 is 0 Å². The molecular formula is C45H27N3OS. The number of nitrogens with zero attached hydrogens (tertiary/aromatic N) is 3. The van der Waals surface area contributed by atoms with Gasteiger partial charge in [-0.1, -0.05) is 140 Å². The van der Waals surface area contributed by atoms with Gasteiger partial charge in [-0.3, -0.25) is 0 Å². The highest BCUT2D eigenvalue weighted by Gasteiger charge is 2.19. The molecule has 0 saturated heterocycles. The van der Waals surface area contributed by atoms with Crippen LogP contribution in [0.3, 0.4) is 0 Å². The summed E-state index contributed by atoms with van der Waals surface area (Å²) in [7, 11) is 0. The number of rotatable bonds is 5. The van der Waals surface area contributed by atoms with Crippen molar-refractivity contribution in [1.29, 1.82) is 0 Å². The average molecular weight is 658 g/mol. The van der Waals surface area contributed by atoms with Crippen LogP contribution in [0, 0.1) is 0 Å². The predicted molar refractivity (Wildman–Crippen MR) is 207 cm³/mol. The Bertz CT molecular complexity index is 2800. The Labute approximate surface area is 292 Å². The molecule has 3 heterocycles. The molecule has 0 N–H and O–H groups in total. The van der Waals surface area contributed by atoms with Gasteiger partial charge in [-0.15, -0.1) is 11.3 Å². The van der Waals surface area contributed by atoms with Crippen LogP contribution >= 0.6 is 11.3 Å². The van der Waals surface area contributed by atoms with Gasteiger partial charge in [0.1, 0.15) is 11.2 Å². The molecule has 0 atom stereocenters. The first kappa shape index (κ1) is 28.6. The maximum absolute atomic E-state index is 6.48. The van der Waals surface area contributed by atoms with E-state index in [-0.39, 0.29) is 0 Å². The third kappa shape index (κ3) is 4.79. The molecule has 0 aliphatic heterocycles. The molecule has 0 aliphatic rings. The van der Waals surface area contributed by atoms with Gasteiger partial charge in [0, 0.05) is 53.2 Å². The molecule has 10 rings (SSSR count). The Balaban J connectivity index is 1.18. The fourth-order valence-electron chi connectivity index (χ4n) is 6.95. The molecule has 0 spiro atoms. The third-order valence-electron chi connectivity index (χ3n) is 9.33. The zero-order valence-corrected chi connectivity index (χ0v) is 27.6. The summed E-state index contributed by atoms with van der Waals surface area (Å²) in [4.78, 5) is 14.9. The van der Waals surface area contributed by atoms with Gasteiger partial charge < -0.3 is 4.42 Å². The average Bonchev–Trinajstić information content (AvgIpc) is 3.76. The first-order chi connectivity index (χ1) is 24.8. The molecule has 0 bridgehead atoms. The van der Waals surface area contributed by atoms with Gasteiger partial charge in [0.2, 0.25) is 0 Å². The van der Waals surface area contributed by atoms with Crippen LogP contribution in [0.2, 0.25) is 0 Å². The highest BCUT2D eigenvalue weighted by atomic mass is 32.1. The Morgan fingerprint density at radius 1 is 0.380 bits per heavy atom. The highest BCUT2D eigenvalue weighted by molar-refractivity contribution is 7.26. The Morgan fingerprint density at radius 2 is 0.980 bits per heavy atom. The van der Waals surface area contributed by atoms with E-state index < -0.39 is 0 Å². The van der Waals surface area contributed by atoms with Crippen molar-refractivity contribution in [1.82, 2.24) is 15.0 Å². The molecule has 0 fully saturated rings. The van der Waals surface area contributed by atoms with Gasteiger partial charge in [-0.25, -0.2) is 15.0 Å². The van der Waals surface area contributed by atoms with Crippen molar-refractivity contribution >= 4 is 53.4 Å². The first-order valence-electron chi connectivity index (χ1n) is 16.6. The maximum atomic E-state index is 6.48. The minimum Gasteiger partial charge on any atom is -0.456 e. The Hall–Kier alpha value is -6.43. The largest absolute Gasteiger partial charge is 0.456 e. The number of benzene rings is 7. The molecule has 7 aromatic carbocycles. The van der Waals surface area contributed by atoms with E-state index in [1.165, 1.54) is 31.3 Å². The molecular weight excluding hydrogens is 631 g/mol. The fraction of sp³-hybridized carbons (Fsp3) is 0. The molecule has 5 heteroatoms. The zero-order chi connectivity index (χ0) is 33.0. The van der Waals surface area contributed by atoms with Crippen molar-refractivity contribution in [2.24, 2.45) is 0 Å². The molecule has 0 aliphatic carbocycles.